The second-order valence-electron chi connectivity index (χ2n) is 6.32. The van der Waals surface area contributed by atoms with Crippen molar-refractivity contribution in [1.29, 1.82) is 0 Å². The lowest BCUT2D eigenvalue weighted by Gasteiger charge is -2.33. The van der Waals surface area contributed by atoms with E-state index in [-0.39, 0.29) is 5.56 Å². The van der Waals surface area contributed by atoms with Gasteiger partial charge in [-0.05, 0) is 42.2 Å². The van der Waals surface area contributed by atoms with Gasteiger partial charge in [-0.15, -0.1) is 0 Å². The molecule has 3 aromatic rings. The van der Waals surface area contributed by atoms with Crippen molar-refractivity contribution >= 4 is 34.2 Å². The first kappa shape index (κ1) is 15.9. The van der Waals surface area contributed by atoms with Crippen molar-refractivity contribution in [2.75, 3.05) is 11.4 Å². The fourth-order valence-corrected chi connectivity index (χ4v) is 3.70. The molecule has 1 aliphatic rings. The quantitative estimate of drug-likeness (QED) is 0.711. The van der Waals surface area contributed by atoms with Crippen LogP contribution in [0.5, 0.6) is 0 Å². The summed E-state index contributed by atoms with van der Waals surface area (Å²) in [4.78, 5) is 18.1. The summed E-state index contributed by atoms with van der Waals surface area (Å²) in [5.74, 6) is -1.21. The molecule has 0 saturated carbocycles. The number of pyridine rings is 1. The molecule has 0 atom stereocenters. The number of fused-ring (bicyclic) bond motifs is 2. The van der Waals surface area contributed by atoms with Crippen LogP contribution >= 0.6 is 11.6 Å². The Morgan fingerprint density at radius 2 is 1.96 bits per heavy atom. The summed E-state index contributed by atoms with van der Waals surface area (Å²) in [6.45, 7) is 3.31. The van der Waals surface area contributed by atoms with E-state index in [1.807, 2.05) is 25.1 Å². The third kappa shape index (κ3) is 2.63. The highest BCUT2D eigenvalue weighted by Crippen LogP contribution is 2.35. The number of benzene rings is 2. The monoisotopic (exact) mass is 351 g/mol. The van der Waals surface area contributed by atoms with E-state index in [0.29, 0.717) is 17.3 Å². The Morgan fingerprint density at radius 3 is 2.72 bits per heavy atom. The predicted molar refractivity (Wildman–Crippen MR) is 97.0 cm³/mol. The van der Waals surface area contributed by atoms with E-state index in [2.05, 4.69) is 22.0 Å². The van der Waals surface area contributed by atoms with Crippen LogP contribution in [0.3, 0.4) is 0 Å². The van der Waals surface area contributed by atoms with E-state index < -0.39 is 5.97 Å². The lowest BCUT2D eigenvalue weighted by atomic mass is 9.97. The first-order chi connectivity index (χ1) is 12.1. The van der Waals surface area contributed by atoms with Crippen LogP contribution in [0.25, 0.3) is 10.9 Å². The number of carboxylic acid groups (broad SMARTS) is 1. The molecule has 4 rings (SSSR count). The van der Waals surface area contributed by atoms with Gasteiger partial charge in [-0.2, -0.15) is 0 Å². The van der Waals surface area contributed by atoms with Gasteiger partial charge in [0, 0.05) is 35.3 Å². The number of anilines is 1. The molecule has 0 saturated heterocycles. The van der Waals surface area contributed by atoms with Crippen LogP contribution in [-0.2, 0) is 13.0 Å². The zero-order chi connectivity index (χ0) is 17.6. The van der Waals surface area contributed by atoms with Gasteiger partial charge in [0.25, 0.3) is 0 Å². The van der Waals surface area contributed by atoms with Crippen molar-refractivity contribution in [2.24, 2.45) is 0 Å². The SMILES string of the molecule is Cc1c(Cl)ccc2c(N3CCc4ccccc4C3)c(C(=O)[O-])cnc12. The summed E-state index contributed by atoms with van der Waals surface area (Å²) in [6, 6.07) is 11.9. The Hall–Kier alpha value is -2.59. The molecule has 0 aliphatic carbocycles. The molecule has 5 heteroatoms. The Labute approximate surface area is 150 Å². The van der Waals surface area contributed by atoms with Gasteiger partial charge in [-0.3, -0.25) is 4.98 Å². The molecule has 0 amide bonds. The molecule has 0 fully saturated rings. The largest absolute Gasteiger partial charge is 0.545 e. The highest BCUT2D eigenvalue weighted by atomic mass is 35.5. The highest BCUT2D eigenvalue weighted by Gasteiger charge is 2.22. The van der Waals surface area contributed by atoms with Gasteiger partial charge in [0.1, 0.15) is 0 Å². The van der Waals surface area contributed by atoms with Gasteiger partial charge in [0.05, 0.1) is 17.2 Å². The third-order valence-electron chi connectivity index (χ3n) is 4.86. The van der Waals surface area contributed by atoms with Crippen molar-refractivity contribution < 1.29 is 9.90 Å². The number of carbonyl (C=O) groups is 1. The number of carboxylic acids is 1. The summed E-state index contributed by atoms with van der Waals surface area (Å²) in [5.41, 5.74) is 4.89. The number of aromatic nitrogens is 1. The first-order valence-corrected chi connectivity index (χ1v) is 8.55. The number of nitrogens with zero attached hydrogens (tertiary/aromatic N) is 2. The van der Waals surface area contributed by atoms with Crippen LogP contribution in [-0.4, -0.2) is 17.5 Å². The molecule has 1 aliphatic heterocycles. The number of hydrogen-bond acceptors (Lipinski definition) is 4. The van der Waals surface area contributed by atoms with Crippen LogP contribution in [0.2, 0.25) is 5.02 Å². The van der Waals surface area contributed by atoms with Gasteiger partial charge in [0.15, 0.2) is 0 Å². The second kappa shape index (κ2) is 6.05. The van der Waals surface area contributed by atoms with Crippen LogP contribution in [0.15, 0.2) is 42.6 Å². The van der Waals surface area contributed by atoms with Crippen LogP contribution < -0.4 is 10.0 Å². The van der Waals surface area contributed by atoms with Crippen molar-refractivity contribution in [3.8, 4) is 0 Å². The van der Waals surface area contributed by atoms with E-state index in [4.69, 9.17) is 11.6 Å². The minimum absolute atomic E-state index is 0.119. The van der Waals surface area contributed by atoms with Gasteiger partial charge in [0.2, 0.25) is 0 Å². The van der Waals surface area contributed by atoms with Gasteiger partial charge in [-0.1, -0.05) is 35.9 Å². The predicted octanol–water partition coefficient (Wildman–Crippen LogP) is 3.12. The Kier molecular flexibility index (Phi) is 3.85. The lowest BCUT2D eigenvalue weighted by molar-refractivity contribution is -0.254. The molecule has 0 unspecified atom stereocenters. The van der Waals surface area contributed by atoms with E-state index in [9.17, 15) is 9.90 Å². The van der Waals surface area contributed by atoms with Crippen LogP contribution in [0.4, 0.5) is 5.69 Å². The summed E-state index contributed by atoms with van der Waals surface area (Å²) < 4.78 is 0. The molecule has 126 valence electrons. The number of carbonyl (C=O) groups excluding carboxylic acids is 1. The number of hydrogen-bond donors (Lipinski definition) is 0. The van der Waals surface area contributed by atoms with Gasteiger partial charge < -0.3 is 14.8 Å². The van der Waals surface area contributed by atoms with Crippen molar-refractivity contribution in [3.05, 3.63) is 69.9 Å². The topological polar surface area (TPSA) is 56.3 Å². The minimum atomic E-state index is -1.21. The number of aryl methyl sites for hydroxylation is 1. The lowest BCUT2D eigenvalue weighted by Crippen LogP contribution is -2.33. The average Bonchev–Trinajstić information content (AvgIpc) is 2.63. The number of halogens is 1. The van der Waals surface area contributed by atoms with Crippen molar-refractivity contribution in [1.82, 2.24) is 4.98 Å². The van der Waals surface area contributed by atoms with Gasteiger partial charge in [-0.25, -0.2) is 0 Å². The number of aromatic carboxylic acids is 1. The molecular weight excluding hydrogens is 336 g/mol. The Morgan fingerprint density at radius 1 is 1.20 bits per heavy atom. The first-order valence-electron chi connectivity index (χ1n) is 8.17. The summed E-state index contributed by atoms with van der Waals surface area (Å²) in [5, 5.41) is 13.1. The summed E-state index contributed by atoms with van der Waals surface area (Å²) >= 11 is 6.21. The maximum atomic E-state index is 11.7. The van der Waals surface area contributed by atoms with E-state index in [0.717, 1.165) is 29.4 Å². The van der Waals surface area contributed by atoms with Crippen LogP contribution in [0, 0.1) is 6.92 Å². The second-order valence-corrected chi connectivity index (χ2v) is 6.72. The molecule has 2 aromatic carbocycles. The zero-order valence-corrected chi connectivity index (χ0v) is 14.5. The molecule has 0 N–H and O–H groups in total. The van der Waals surface area contributed by atoms with E-state index in [1.165, 1.54) is 17.3 Å². The Balaban J connectivity index is 1.92. The summed E-state index contributed by atoms with van der Waals surface area (Å²) in [6.07, 6.45) is 2.26. The molecule has 0 spiro atoms. The molecule has 0 bridgehead atoms. The molecule has 1 aromatic heterocycles. The highest BCUT2D eigenvalue weighted by molar-refractivity contribution is 6.32. The van der Waals surface area contributed by atoms with Gasteiger partial charge >= 0.3 is 0 Å². The fraction of sp³-hybridized carbons (Fsp3) is 0.200. The normalized spacial score (nSPS) is 13.8. The molecule has 0 radical (unpaired) electrons. The molecular formula is C20H16ClN2O2-. The fourth-order valence-electron chi connectivity index (χ4n) is 3.54. The zero-order valence-electron chi connectivity index (χ0n) is 13.8. The smallest absolute Gasteiger partial charge is 0.0767 e. The maximum Gasteiger partial charge on any atom is 0.0767 e. The van der Waals surface area contributed by atoms with E-state index in [1.54, 1.807) is 6.07 Å². The number of rotatable bonds is 2. The standard InChI is InChI=1S/C20H17ClN2O2/c1-12-17(21)7-6-15-18(12)22-10-16(20(24)25)19(15)23-9-8-13-4-2-3-5-14(13)11-23/h2-7,10H,8-9,11H2,1H3,(H,24,25)/p-1. The molecule has 25 heavy (non-hydrogen) atoms. The van der Waals surface area contributed by atoms with Crippen LogP contribution in [0.1, 0.15) is 27.0 Å². The maximum absolute atomic E-state index is 11.7. The summed E-state index contributed by atoms with van der Waals surface area (Å²) in [7, 11) is 0. The molecule has 2 heterocycles. The molecule has 4 nitrogen and oxygen atoms in total. The third-order valence-corrected chi connectivity index (χ3v) is 5.27. The van der Waals surface area contributed by atoms with Crippen molar-refractivity contribution in [2.45, 2.75) is 19.9 Å². The van der Waals surface area contributed by atoms with Crippen molar-refractivity contribution in [3.63, 3.8) is 0 Å². The van der Waals surface area contributed by atoms with E-state index >= 15 is 0 Å². The minimum Gasteiger partial charge on any atom is -0.545 e. The average molecular weight is 352 g/mol. The Bertz CT molecular complexity index is 1000.